The van der Waals surface area contributed by atoms with Crippen LogP contribution in [-0.2, 0) is 4.74 Å². The Morgan fingerprint density at radius 2 is 2.21 bits per heavy atom. The zero-order chi connectivity index (χ0) is 9.86. The molecule has 0 saturated carbocycles. The molecule has 2 aliphatic rings. The number of ether oxygens (including phenoxy) is 1. The lowest BCUT2D eigenvalue weighted by Gasteiger charge is -2.34. The van der Waals surface area contributed by atoms with E-state index in [4.69, 9.17) is 4.74 Å². The molecule has 0 bridgehead atoms. The Balaban J connectivity index is 1.72. The van der Waals surface area contributed by atoms with Gasteiger partial charge in [-0.25, -0.2) is 0 Å². The van der Waals surface area contributed by atoms with Crippen LogP contribution in [0.3, 0.4) is 0 Å². The Labute approximate surface area is 91.2 Å². The highest BCUT2D eigenvalue weighted by Crippen LogP contribution is 2.29. The second-order valence-corrected chi connectivity index (χ2v) is 6.01. The Hall–Kier alpha value is 0.270. The van der Waals surface area contributed by atoms with Gasteiger partial charge in [-0.1, -0.05) is 6.92 Å². The largest absolute Gasteiger partial charge is 0.381 e. The molecule has 0 aromatic heterocycles. The van der Waals surface area contributed by atoms with Gasteiger partial charge in [0.2, 0.25) is 0 Å². The van der Waals surface area contributed by atoms with Crippen molar-refractivity contribution in [3.63, 3.8) is 0 Å². The third-order valence-electron chi connectivity index (χ3n) is 3.45. The number of nitrogens with one attached hydrogen (secondary N) is 1. The first-order chi connectivity index (χ1) is 6.79. The molecule has 0 aliphatic carbocycles. The summed E-state index contributed by atoms with van der Waals surface area (Å²) in [5.41, 5.74) is 0.492. The lowest BCUT2D eigenvalue weighted by molar-refractivity contribution is 0.0232. The molecule has 2 heterocycles. The zero-order valence-electron chi connectivity index (χ0n) is 9.05. The van der Waals surface area contributed by atoms with E-state index in [1.54, 1.807) is 0 Å². The molecule has 2 saturated heterocycles. The second-order valence-electron chi connectivity index (χ2n) is 4.86. The van der Waals surface area contributed by atoms with Crippen molar-refractivity contribution >= 4 is 11.8 Å². The van der Waals surface area contributed by atoms with Gasteiger partial charge in [0.25, 0.3) is 0 Å². The van der Waals surface area contributed by atoms with Gasteiger partial charge in [-0.2, -0.15) is 11.8 Å². The van der Waals surface area contributed by atoms with Gasteiger partial charge < -0.3 is 10.1 Å². The minimum absolute atomic E-state index is 0.492. The van der Waals surface area contributed by atoms with E-state index < -0.39 is 0 Å². The average Bonchev–Trinajstić information content (AvgIpc) is 2.69. The molecule has 0 amide bonds. The number of thioether (sulfide) groups is 1. The number of hydrogen-bond donors (Lipinski definition) is 1. The van der Waals surface area contributed by atoms with E-state index in [0.29, 0.717) is 5.41 Å². The molecule has 1 unspecified atom stereocenters. The van der Waals surface area contributed by atoms with E-state index in [1.165, 1.54) is 37.3 Å². The van der Waals surface area contributed by atoms with E-state index in [2.05, 4.69) is 24.0 Å². The SMILES string of the molecule is CC1(CNC2CCSC2)CCOCC1. The highest BCUT2D eigenvalue weighted by atomic mass is 32.2. The van der Waals surface area contributed by atoms with E-state index in [0.717, 1.165) is 19.3 Å². The van der Waals surface area contributed by atoms with Crippen molar-refractivity contribution in [1.82, 2.24) is 5.32 Å². The summed E-state index contributed by atoms with van der Waals surface area (Å²) in [5, 5.41) is 3.72. The first kappa shape index (κ1) is 10.8. The molecular formula is C11H21NOS. The van der Waals surface area contributed by atoms with Crippen LogP contribution in [0.4, 0.5) is 0 Å². The van der Waals surface area contributed by atoms with Gasteiger partial charge in [0.1, 0.15) is 0 Å². The highest BCUT2D eigenvalue weighted by Gasteiger charge is 2.28. The van der Waals surface area contributed by atoms with Crippen LogP contribution in [0, 0.1) is 5.41 Å². The van der Waals surface area contributed by atoms with Crippen molar-refractivity contribution in [1.29, 1.82) is 0 Å². The maximum atomic E-state index is 5.40. The van der Waals surface area contributed by atoms with Gasteiger partial charge >= 0.3 is 0 Å². The predicted molar refractivity (Wildman–Crippen MR) is 61.9 cm³/mol. The summed E-state index contributed by atoms with van der Waals surface area (Å²) in [4.78, 5) is 0. The Kier molecular flexibility index (Phi) is 3.74. The van der Waals surface area contributed by atoms with Gasteiger partial charge in [0, 0.05) is 31.6 Å². The monoisotopic (exact) mass is 215 g/mol. The Morgan fingerprint density at radius 1 is 1.43 bits per heavy atom. The summed E-state index contributed by atoms with van der Waals surface area (Å²) in [6, 6.07) is 0.777. The lowest BCUT2D eigenvalue weighted by Crippen LogP contribution is -2.41. The fourth-order valence-electron chi connectivity index (χ4n) is 2.13. The predicted octanol–water partition coefficient (Wildman–Crippen LogP) is 1.90. The third kappa shape index (κ3) is 2.88. The lowest BCUT2D eigenvalue weighted by atomic mass is 9.82. The summed E-state index contributed by atoms with van der Waals surface area (Å²) in [5.74, 6) is 2.66. The molecular weight excluding hydrogens is 194 g/mol. The van der Waals surface area contributed by atoms with Crippen molar-refractivity contribution in [2.24, 2.45) is 5.41 Å². The minimum Gasteiger partial charge on any atom is -0.381 e. The third-order valence-corrected chi connectivity index (χ3v) is 4.61. The van der Waals surface area contributed by atoms with Crippen molar-refractivity contribution in [2.75, 3.05) is 31.3 Å². The fraction of sp³-hybridized carbons (Fsp3) is 1.00. The maximum absolute atomic E-state index is 5.40. The molecule has 2 aliphatic heterocycles. The van der Waals surface area contributed by atoms with Crippen molar-refractivity contribution in [2.45, 2.75) is 32.2 Å². The minimum atomic E-state index is 0.492. The second kappa shape index (κ2) is 4.86. The van der Waals surface area contributed by atoms with Gasteiger partial charge in [-0.05, 0) is 30.4 Å². The van der Waals surface area contributed by atoms with Crippen molar-refractivity contribution < 1.29 is 4.74 Å². The van der Waals surface area contributed by atoms with Crippen LogP contribution in [0.2, 0.25) is 0 Å². The molecule has 14 heavy (non-hydrogen) atoms. The highest BCUT2D eigenvalue weighted by molar-refractivity contribution is 7.99. The topological polar surface area (TPSA) is 21.3 Å². The van der Waals surface area contributed by atoms with Crippen LogP contribution < -0.4 is 5.32 Å². The quantitative estimate of drug-likeness (QED) is 0.777. The first-order valence-corrected chi connectivity index (χ1v) is 6.83. The summed E-state index contributed by atoms with van der Waals surface area (Å²) in [6.07, 6.45) is 3.80. The van der Waals surface area contributed by atoms with Gasteiger partial charge in [0.05, 0.1) is 0 Å². The van der Waals surface area contributed by atoms with Crippen LogP contribution >= 0.6 is 11.8 Å². The molecule has 2 rings (SSSR count). The van der Waals surface area contributed by atoms with Crippen molar-refractivity contribution in [3.8, 4) is 0 Å². The summed E-state index contributed by atoms with van der Waals surface area (Å²) in [7, 11) is 0. The van der Waals surface area contributed by atoms with E-state index in [-0.39, 0.29) is 0 Å². The summed E-state index contributed by atoms with van der Waals surface area (Å²) in [6.45, 7) is 5.49. The normalized spacial score (nSPS) is 31.9. The molecule has 82 valence electrons. The van der Waals surface area contributed by atoms with Crippen LogP contribution in [-0.4, -0.2) is 37.3 Å². The average molecular weight is 215 g/mol. The summed E-state index contributed by atoms with van der Waals surface area (Å²) < 4.78 is 5.40. The molecule has 1 atom stereocenters. The van der Waals surface area contributed by atoms with E-state index >= 15 is 0 Å². The molecule has 0 spiro atoms. The van der Waals surface area contributed by atoms with E-state index in [9.17, 15) is 0 Å². The van der Waals surface area contributed by atoms with Crippen LogP contribution in [0.15, 0.2) is 0 Å². The Bertz CT molecular complexity index is 174. The number of hydrogen-bond acceptors (Lipinski definition) is 3. The van der Waals surface area contributed by atoms with Crippen LogP contribution in [0.25, 0.3) is 0 Å². The molecule has 1 N–H and O–H groups in total. The smallest absolute Gasteiger partial charge is 0.0471 e. The maximum Gasteiger partial charge on any atom is 0.0471 e. The van der Waals surface area contributed by atoms with Crippen LogP contribution in [0.5, 0.6) is 0 Å². The van der Waals surface area contributed by atoms with Crippen molar-refractivity contribution in [3.05, 3.63) is 0 Å². The fourth-order valence-corrected chi connectivity index (χ4v) is 3.31. The van der Waals surface area contributed by atoms with Crippen LogP contribution in [0.1, 0.15) is 26.2 Å². The first-order valence-electron chi connectivity index (χ1n) is 5.67. The van der Waals surface area contributed by atoms with Gasteiger partial charge in [-0.3, -0.25) is 0 Å². The molecule has 2 fully saturated rings. The molecule has 0 radical (unpaired) electrons. The standard InChI is InChI=1S/C11H21NOS/c1-11(3-5-13-6-4-11)9-12-10-2-7-14-8-10/h10,12H,2-9H2,1H3. The summed E-state index contributed by atoms with van der Waals surface area (Å²) >= 11 is 2.08. The van der Waals surface area contributed by atoms with E-state index in [1.807, 2.05) is 0 Å². The molecule has 0 aromatic rings. The van der Waals surface area contributed by atoms with Gasteiger partial charge in [0.15, 0.2) is 0 Å². The molecule has 2 nitrogen and oxygen atoms in total. The zero-order valence-corrected chi connectivity index (χ0v) is 9.87. The molecule has 0 aromatic carbocycles. The Morgan fingerprint density at radius 3 is 2.86 bits per heavy atom. The van der Waals surface area contributed by atoms with Gasteiger partial charge in [-0.15, -0.1) is 0 Å². The number of rotatable bonds is 3. The molecule has 3 heteroatoms.